The van der Waals surface area contributed by atoms with Crippen LogP contribution in [0.25, 0.3) is 5.69 Å². The molecule has 3 heterocycles. The lowest BCUT2D eigenvalue weighted by Gasteiger charge is -2.22. The van der Waals surface area contributed by atoms with Crippen LogP contribution in [0, 0.1) is 6.92 Å². The number of aromatic nitrogens is 2. The van der Waals surface area contributed by atoms with Crippen molar-refractivity contribution < 1.29 is 9.59 Å². The number of carbonyl (C=O) groups excluding carboxylic acids is 2. The normalized spacial score (nSPS) is 16.2. The molecule has 0 bridgehead atoms. The van der Waals surface area contributed by atoms with E-state index >= 15 is 0 Å². The summed E-state index contributed by atoms with van der Waals surface area (Å²) in [4.78, 5) is 27.3. The molecule has 0 saturated heterocycles. The summed E-state index contributed by atoms with van der Waals surface area (Å²) in [7, 11) is 0. The first-order valence-corrected chi connectivity index (χ1v) is 9.47. The van der Waals surface area contributed by atoms with E-state index in [-0.39, 0.29) is 18.1 Å². The SMILES string of the molecule is CCc1ccc(C(=O)C2CC(=O)Nc3c2c(C)nn3-c2ccccc2)s1. The van der Waals surface area contributed by atoms with Crippen molar-refractivity contribution in [1.82, 2.24) is 9.78 Å². The summed E-state index contributed by atoms with van der Waals surface area (Å²) in [5.41, 5.74) is 2.45. The van der Waals surface area contributed by atoms with E-state index in [1.54, 1.807) is 4.68 Å². The minimum absolute atomic E-state index is 0.00140. The number of amides is 1. The lowest BCUT2D eigenvalue weighted by Crippen LogP contribution is -2.28. The topological polar surface area (TPSA) is 64.0 Å². The van der Waals surface area contributed by atoms with Crippen molar-refractivity contribution in [3.05, 3.63) is 63.5 Å². The van der Waals surface area contributed by atoms with Gasteiger partial charge in [-0.1, -0.05) is 25.1 Å². The number of aryl methyl sites for hydroxylation is 2. The van der Waals surface area contributed by atoms with Crippen molar-refractivity contribution in [3.63, 3.8) is 0 Å². The van der Waals surface area contributed by atoms with E-state index in [0.29, 0.717) is 10.7 Å². The lowest BCUT2D eigenvalue weighted by atomic mass is 9.87. The second-order valence-corrected chi connectivity index (χ2v) is 7.55. The smallest absolute Gasteiger partial charge is 0.226 e. The number of rotatable bonds is 4. The van der Waals surface area contributed by atoms with E-state index in [1.165, 1.54) is 16.2 Å². The molecule has 0 fully saturated rings. The van der Waals surface area contributed by atoms with Crippen LogP contribution in [0.1, 0.15) is 45.1 Å². The first-order chi connectivity index (χ1) is 12.6. The molecule has 132 valence electrons. The van der Waals surface area contributed by atoms with Gasteiger partial charge >= 0.3 is 0 Å². The molecule has 4 rings (SSSR count). The zero-order valence-electron chi connectivity index (χ0n) is 14.7. The van der Waals surface area contributed by atoms with Gasteiger partial charge in [0.15, 0.2) is 5.78 Å². The molecule has 1 amide bonds. The van der Waals surface area contributed by atoms with Gasteiger partial charge in [0.05, 0.1) is 22.2 Å². The number of hydrogen-bond acceptors (Lipinski definition) is 4. The number of benzene rings is 1. The molecule has 5 nitrogen and oxygen atoms in total. The van der Waals surface area contributed by atoms with Gasteiger partial charge in [0.2, 0.25) is 5.91 Å². The molecule has 1 unspecified atom stereocenters. The van der Waals surface area contributed by atoms with E-state index in [4.69, 9.17) is 0 Å². The average molecular weight is 365 g/mol. The molecular formula is C20H19N3O2S. The number of nitrogens with zero attached hydrogens (tertiary/aromatic N) is 2. The molecule has 0 aliphatic carbocycles. The third kappa shape index (κ3) is 2.76. The number of ketones is 1. The van der Waals surface area contributed by atoms with Gasteiger partial charge in [-0.15, -0.1) is 11.3 Å². The predicted octanol–water partition coefficient (Wildman–Crippen LogP) is 4.11. The summed E-state index contributed by atoms with van der Waals surface area (Å²) >= 11 is 1.51. The van der Waals surface area contributed by atoms with Crippen LogP contribution in [0.4, 0.5) is 5.82 Å². The molecular weight excluding hydrogens is 346 g/mol. The molecule has 0 spiro atoms. The van der Waals surface area contributed by atoms with Crippen LogP contribution >= 0.6 is 11.3 Å². The number of thiophene rings is 1. The molecule has 0 saturated carbocycles. The van der Waals surface area contributed by atoms with Crippen molar-refractivity contribution in [3.8, 4) is 5.69 Å². The molecule has 1 aliphatic heterocycles. The van der Waals surface area contributed by atoms with Crippen LogP contribution in [-0.4, -0.2) is 21.5 Å². The first kappa shape index (κ1) is 16.7. The number of anilines is 1. The molecule has 0 radical (unpaired) electrons. The van der Waals surface area contributed by atoms with Crippen molar-refractivity contribution in [2.24, 2.45) is 0 Å². The summed E-state index contributed by atoms with van der Waals surface area (Å²) in [5, 5.41) is 7.51. The fourth-order valence-corrected chi connectivity index (χ4v) is 4.34. The van der Waals surface area contributed by atoms with Gasteiger partial charge in [-0.25, -0.2) is 4.68 Å². The fraction of sp³-hybridized carbons (Fsp3) is 0.250. The van der Waals surface area contributed by atoms with E-state index in [2.05, 4.69) is 17.3 Å². The van der Waals surface area contributed by atoms with Gasteiger partial charge in [-0.3, -0.25) is 9.59 Å². The highest BCUT2D eigenvalue weighted by Crippen LogP contribution is 2.39. The predicted molar refractivity (Wildman–Crippen MR) is 102 cm³/mol. The highest BCUT2D eigenvalue weighted by molar-refractivity contribution is 7.14. The maximum Gasteiger partial charge on any atom is 0.226 e. The molecule has 26 heavy (non-hydrogen) atoms. The summed E-state index contributed by atoms with van der Waals surface area (Å²) < 4.78 is 1.72. The van der Waals surface area contributed by atoms with Crippen LogP contribution in [0.3, 0.4) is 0 Å². The van der Waals surface area contributed by atoms with Gasteiger partial charge in [-0.2, -0.15) is 5.10 Å². The fourth-order valence-electron chi connectivity index (χ4n) is 3.40. The van der Waals surface area contributed by atoms with Gasteiger partial charge in [0.1, 0.15) is 5.82 Å². The highest BCUT2D eigenvalue weighted by atomic mass is 32.1. The summed E-state index contributed by atoms with van der Waals surface area (Å²) in [6, 6.07) is 13.5. The molecule has 1 aromatic carbocycles. The van der Waals surface area contributed by atoms with Crippen LogP contribution in [0.2, 0.25) is 0 Å². The summed E-state index contributed by atoms with van der Waals surface area (Å²) in [6.45, 7) is 3.96. The Bertz CT molecular complexity index is 988. The van der Waals surface area contributed by atoms with Crippen molar-refractivity contribution in [2.45, 2.75) is 32.6 Å². The van der Waals surface area contributed by atoms with Crippen LogP contribution in [-0.2, 0) is 11.2 Å². The molecule has 6 heteroatoms. The Kier molecular flexibility index (Phi) is 4.20. The number of carbonyl (C=O) groups is 2. The Balaban J connectivity index is 1.80. The monoisotopic (exact) mass is 365 g/mol. The second-order valence-electron chi connectivity index (χ2n) is 6.38. The zero-order valence-corrected chi connectivity index (χ0v) is 15.5. The van der Waals surface area contributed by atoms with E-state index in [9.17, 15) is 9.59 Å². The quantitative estimate of drug-likeness (QED) is 0.708. The van der Waals surface area contributed by atoms with Crippen molar-refractivity contribution in [2.75, 3.05) is 5.32 Å². The number of hydrogen-bond donors (Lipinski definition) is 1. The van der Waals surface area contributed by atoms with Crippen LogP contribution in [0.15, 0.2) is 42.5 Å². The van der Waals surface area contributed by atoms with Crippen LogP contribution in [0.5, 0.6) is 0 Å². The van der Waals surface area contributed by atoms with Crippen LogP contribution < -0.4 is 5.32 Å². The highest BCUT2D eigenvalue weighted by Gasteiger charge is 2.36. The maximum atomic E-state index is 13.1. The first-order valence-electron chi connectivity index (χ1n) is 8.66. The molecule has 2 aromatic heterocycles. The zero-order chi connectivity index (χ0) is 18.3. The Hall–Kier alpha value is -2.73. The average Bonchev–Trinajstić information content (AvgIpc) is 3.26. The van der Waals surface area contributed by atoms with E-state index < -0.39 is 5.92 Å². The number of Topliss-reactive ketones (excluding diaryl/α,β-unsaturated/α-hetero) is 1. The minimum atomic E-state index is -0.487. The lowest BCUT2D eigenvalue weighted by molar-refractivity contribution is -0.116. The summed E-state index contributed by atoms with van der Waals surface area (Å²) in [6.07, 6.45) is 1.06. The van der Waals surface area contributed by atoms with Gasteiger partial charge in [0, 0.05) is 16.9 Å². The van der Waals surface area contributed by atoms with Crippen molar-refractivity contribution >= 4 is 28.8 Å². The third-order valence-corrected chi connectivity index (χ3v) is 5.92. The minimum Gasteiger partial charge on any atom is -0.310 e. The van der Waals surface area contributed by atoms with Gasteiger partial charge in [0.25, 0.3) is 0 Å². The molecule has 1 aliphatic rings. The Labute approximate surface area is 155 Å². The number of fused-ring (bicyclic) bond motifs is 1. The van der Waals surface area contributed by atoms with Gasteiger partial charge in [-0.05, 0) is 37.6 Å². The standard InChI is InChI=1S/C20H19N3O2S/c1-3-14-9-10-16(26-14)19(25)15-11-17(24)21-20-18(15)12(2)22-23(20)13-7-5-4-6-8-13/h4-10,15H,3,11H2,1-2H3,(H,21,24). The number of para-hydroxylation sites is 1. The number of nitrogens with one attached hydrogen (secondary N) is 1. The largest absolute Gasteiger partial charge is 0.310 e. The second kappa shape index (κ2) is 6.53. The van der Waals surface area contributed by atoms with E-state index in [1.807, 2.05) is 49.4 Å². The molecule has 3 aromatic rings. The summed E-state index contributed by atoms with van der Waals surface area (Å²) in [5.74, 6) is -0.0307. The maximum absolute atomic E-state index is 13.1. The van der Waals surface area contributed by atoms with E-state index in [0.717, 1.165) is 23.4 Å². The third-order valence-electron chi connectivity index (χ3n) is 4.67. The Morgan fingerprint density at radius 2 is 2.04 bits per heavy atom. The van der Waals surface area contributed by atoms with Gasteiger partial charge < -0.3 is 5.32 Å². The Morgan fingerprint density at radius 1 is 1.27 bits per heavy atom. The molecule has 1 N–H and O–H groups in total. The Morgan fingerprint density at radius 3 is 2.73 bits per heavy atom. The molecule has 1 atom stereocenters. The van der Waals surface area contributed by atoms with Crippen molar-refractivity contribution in [1.29, 1.82) is 0 Å².